The van der Waals surface area contributed by atoms with Gasteiger partial charge in [-0.15, -0.1) is 0 Å². The molecular formula is C22H25N3O3. The van der Waals surface area contributed by atoms with Crippen LogP contribution in [0.2, 0.25) is 0 Å². The number of hydrogen-bond acceptors (Lipinski definition) is 3. The molecule has 1 aromatic heterocycles. The third kappa shape index (κ3) is 3.76. The molecule has 0 saturated carbocycles. The zero-order valence-corrected chi connectivity index (χ0v) is 16.6. The minimum atomic E-state index is -0.747. The van der Waals surface area contributed by atoms with Crippen molar-refractivity contribution in [3.63, 3.8) is 0 Å². The van der Waals surface area contributed by atoms with Gasteiger partial charge in [-0.3, -0.25) is 18.7 Å². The molecule has 6 nitrogen and oxygen atoms in total. The van der Waals surface area contributed by atoms with Crippen molar-refractivity contribution in [2.75, 3.05) is 0 Å². The number of carbonyl (C=O) groups is 1. The molecule has 0 aliphatic rings. The Kier molecular flexibility index (Phi) is 5.49. The first kappa shape index (κ1) is 19.6. The van der Waals surface area contributed by atoms with Crippen LogP contribution in [0.1, 0.15) is 37.9 Å². The number of carbonyl (C=O) groups excluding carboxylic acids is 1. The monoisotopic (exact) mass is 379 g/mol. The van der Waals surface area contributed by atoms with E-state index in [9.17, 15) is 14.4 Å². The van der Waals surface area contributed by atoms with Crippen LogP contribution in [0.25, 0.3) is 10.9 Å². The van der Waals surface area contributed by atoms with Gasteiger partial charge in [-0.2, -0.15) is 0 Å². The number of aromatic nitrogens is 2. The van der Waals surface area contributed by atoms with Crippen LogP contribution in [0.4, 0.5) is 0 Å². The Balaban J connectivity index is 2.26. The van der Waals surface area contributed by atoms with Crippen LogP contribution in [0, 0.1) is 6.92 Å². The number of nitrogens with zero attached hydrogens (tertiary/aromatic N) is 2. The van der Waals surface area contributed by atoms with E-state index >= 15 is 0 Å². The van der Waals surface area contributed by atoms with Gasteiger partial charge in [0.05, 0.1) is 17.4 Å². The van der Waals surface area contributed by atoms with E-state index in [1.54, 1.807) is 19.1 Å². The highest BCUT2D eigenvalue weighted by Gasteiger charge is 2.22. The summed E-state index contributed by atoms with van der Waals surface area (Å²) in [6, 6.07) is 13.9. The largest absolute Gasteiger partial charge is 0.352 e. The number of nitrogens with one attached hydrogen (secondary N) is 1. The van der Waals surface area contributed by atoms with E-state index in [2.05, 4.69) is 5.32 Å². The molecule has 0 unspecified atom stereocenters. The Labute approximate surface area is 163 Å². The van der Waals surface area contributed by atoms with E-state index in [0.29, 0.717) is 10.9 Å². The molecule has 0 aliphatic carbocycles. The van der Waals surface area contributed by atoms with Crippen molar-refractivity contribution < 1.29 is 4.79 Å². The number of benzene rings is 2. The van der Waals surface area contributed by atoms with Gasteiger partial charge in [0, 0.05) is 6.04 Å². The van der Waals surface area contributed by atoms with Gasteiger partial charge in [0.1, 0.15) is 6.04 Å². The third-order valence-corrected chi connectivity index (χ3v) is 4.71. The molecule has 3 aromatic rings. The van der Waals surface area contributed by atoms with Gasteiger partial charge >= 0.3 is 5.69 Å². The lowest BCUT2D eigenvalue weighted by molar-refractivity contribution is -0.124. The van der Waals surface area contributed by atoms with E-state index in [1.807, 2.05) is 57.2 Å². The number of hydrogen-bond donors (Lipinski definition) is 1. The van der Waals surface area contributed by atoms with Crippen molar-refractivity contribution in [1.29, 1.82) is 0 Å². The quantitative estimate of drug-likeness (QED) is 0.741. The molecular weight excluding hydrogens is 354 g/mol. The molecule has 0 spiro atoms. The van der Waals surface area contributed by atoms with Crippen molar-refractivity contribution in [2.45, 2.75) is 46.3 Å². The van der Waals surface area contributed by atoms with Gasteiger partial charge in [-0.1, -0.05) is 42.0 Å². The summed E-state index contributed by atoms with van der Waals surface area (Å²) in [5.74, 6) is -0.260. The summed E-state index contributed by atoms with van der Waals surface area (Å²) in [6.07, 6.45) is 0. The van der Waals surface area contributed by atoms with Crippen molar-refractivity contribution in [1.82, 2.24) is 14.5 Å². The number of aryl methyl sites for hydroxylation is 1. The lowest BCUT2D eigenvalue weighted by atomic mass is 10.1. The lowest BCUT2D eigenvalue weighted by Crippen LogP contribution is -2.45. The lowest BCUT2D eigenvalue weighted by Gasteiger charge is -2.21. The number of fused-ring (bicyclic) bond motifs is 1. The number of amides is 1. The highest BCUT2D eigenvalue weighted by atomic mass is 16.2. The van der Waals surface area contributed by atoms with Gasteiger partial charge < -0.3 is 5.32 Å². The van der Waals surface area contributed by atoms with Crippen molar-refractivity contribution in [3.05, 3.63) is 80.5 Å². The van der Waals surface area contributed by atoms with E-state index in [4.69, 9.17) is 0 Å². The fourth-order valence-corrected chi connectivity index (χ4v) is 3.30. The van der Waals surface area contributed by atoms with Crippen LogP contribution in [-0.2, 0) is 11.3 Å². The van der Waals surface area contributed by atoms with Gasteiger partial charge in [0.2, 0.25) is 5.91 Å². The zero-order valence-electron chi connectivity index (χ0n) is 16.6. The first-order valence-corrected chi connectivity index (χ1v) is 9.39. The Morgan fingerprint density at radius 3 is 2.36 bits per heavy atom. The fourth-order valence-electron chi connectivity index (χ4n) is 3.30. The Hall–Kier alpha value is -3.15. The highest BCUT2D eigenvalue weighted by Crippen LogP contribution is 2.16. The summed E-state index contributed by atoms with van der Waals surface area (Å²) in [5, 5.41) is 3.27. The molecule has 1 heterocycles. The molecule has 6 heteroatoms. The average Bonchev–Trinajstić information content (AvgIpc) is 2.66. The molecule has 28 heavy (non-hydrogen) atoms. The normalized spacial score (nSPS) is 12.3. The van der Waals surface area contributed by atoms with E-state index < -0.39 is 11.7 Å². The predicted octanol–water partition coefficient (Wildman–Crippen LogP) is 2.61. The van der Waals surface area contributed by atoms with E-state index in [-0.39, 0.29) is 24.1 Å². The second-order valence-electron chi connectivity index (χ2n) is 7.39. The van der Waals surface area contributed by atoms with E-state index in [1.165, 1.54) is 9.13 Å². The maximum Gasteiger partial charge on any atom is 0.332 e. The van der Waals surface area contributed by atoms with Gasteiger partial charge in [-0.25, -0.2) is 4.79 Å². The smallest absolute Gasteiger partial charge is 0.332 e. The van der Waals surface area contributed by atoms with Crippen LogP contribution in [-0.4, -0.2) is 21.1 Å². The molecule has 2 aromatic carbocycles. The standard InChI is InChI=1S/C22H25N3O3/c1-14(2)23-20(26)16(4)25-19-11-10-15(3)12-18(19)21(27)24(22(25)28)13-17-8-6-5-7-9-17/h5-12,14,16H,13H2,1-4H3,(H,23,26)/t16-/m1/s1. The molecule has 1 atom stereocenters. The SMILES string of the molecule is Cc1ccc2c(c1)c(=O)n(Cc1ccccc1)c(=O)n2[C@H](C)C(=O)NC(C)C. The molecule has 1 amide bonds. The second kappa shape index (κ2) is 7.84. The summed E-state index contributed by atoms with van der Waals surface area (Å²) in [4.78, 5) is 39.0. The van der Waals surface area contributed by atoms with Crippen molar-refractivity contribution in [3.8, 4) is 0 Å². The molecule has 0 aliphatic heterocycles. The van der Waals surface area contributed by atoms with Crippen LogP contribution < -0.4 is 16.6 Å². The molecule has 0 bridgehead atoms. The van der Waals surface area contributed by atoms with Crippen LogP contribution >= 0.6 is 0 Å². The summed E-state index contributed by atoms with van der Waals surface area (Å²) in [6.45, 7) is 7.46. The Morgan fingerprint density at radius 1 is 1.04 bits per heavy atom. The maximum absolute atomic E-state index is 13.3. The summed E-state index contributed by atoms with van der Waals surface area (Å²) in [5.41, 5.74) is 1.40. The minimum Gasteiger partial charge on any atom is -0.352 e. The molecule has 146 valence electrons. The fraction of sp³-hybridized carbons (Fsp3) is 0.318. The topological polar surface area (TPSA) is 73.1 Å². The van der Waals surface area contributed by atoms with Crippen LogP contribution in [0.15, 0.2) is 58.1 Å². The number of rotatable bonds is 5. The van der Waals surface area contributed by atoms with Gasteiger partial charge in [0.15, 0.2) is 0 Å². The van der Waals surface area contributed by atoms with E-state index in [0.717, 1.165) is 11.1 Å². The van der Waals surface area contributed by atoms with Crippen molar-refractivity contribution >= 4 is 16.8 Å². The Bertz CT molecular complexity index is 1130. The van der Waals surface area contributed by atoms with Gasteiger partial charge in [-0.05, 0) is 45.4 Å². The van der Waals surface area contributed by atoms with Crippen LogP contribution in [0.5, 0.6) is 0 Å². The van der Waals surface area contributed by atoms with Crippen molar-refractivity contribution in [2.24, 2.45) is 0 Å². The predicted molar refractivity (Wildman–Crippen MR) is 111 cm³/mol. The first-order chi connectivity index (χ1) is 13.3. The van der Waals surface area contributed by atoms with Gasteiger partial charge in [0.25, 0.3) is 5.56 Å². The third-order valence-electron chi connectivity index (χ3n) is 4.71. The molecule has 0 fully saturated rings. The second-order valence-corrected chi connectivity index (χ2v) is 7.39. The molecule has 1 N–H and O–H groups in total. The minimum absolute atomic E-state index is 0.0469. The molecule has 0 radical (unpaired) electrons. The Morgan fingerprint density at radius 2 is 1.71 bits per heavy atom. The summed E-state index contributed by atoms with van der Waals surface area (Å²) >= 11 is 0. The molecule has 3 rings (SSSR count). The average molecular weight is 379 g/mol. The summed E-state index contributed by atoms with van der Waals surface area (Å²) < 4.78 is 2.62. The zero-order chi connectivity index (χ0) is 20.4. The summed E-state index contributed by atoms with van der Waals surface area (Å²) in [7, 11) is 0. The highest BCUT2D eigenvalue weighted by molar-refractivity contribution is 5.84. The van der Waals surface area contributed by atoms with Crippen LogP contribution in [0.3, 0.4) is 0 Å². The first-order valence-electron chi connectivity index (χ1n) is 9.39. The maximum atomic E-state index is 13.3. The molecule has 0 saturated heterocycles.